The molecule has 0 amide bonds. The van der Waals surface area contributed by atoms with Crippen LogP contribution in [-0.4, -0.2) is 74.5 Å². The van der Waals surface area contributed by atoms with E-state index in [9.17, 15) is 18.8 Å². The standard InChI is InChI=1S/C22H25FN2OS.C6H8O7/c1-25(2)21(19-4-3-13-27-19)8-10-22(11-9-21)20-16(7-12-26-22)17-14-15(23)5-6-18(17)24-20;7-3(8)1-6(13,5(11)12)2-4(9)10/h3-6,13-14,24H,7-12H2,1-2H3;13H,1-2H2,(H,7,8)(H,9,10)(H,11,12). The first-order valence-corrected chi connectivity index (χ1v) is 13.8. The number of H-pyrrole nitrogens is 1. The molecular weight excluding hydrogens is 543 g/mol. The minimum absolute atomic E-state index is 0.0819. The molecule has 216 valence electrons. The predicted molar refractivity (Wildman–Crippen MR) is 145 cm³/mol. The molecule has 2 aliphatic rings. The average Bonchev–Trinajstić information content (AvgIpc) is 3.53. The van der Waals surface area contributed by atoms with Gasteiger partial charge < -0.3 is 30.1 Å². The number of carboxylic acid groups (broad SMARTS) is 3. The van der Waals surface area contributed by atoms with Crippen molar-refractivity contribution in [3.8, 4) is 0 Å². The van der Waals surface area contributed by atoms with E-state index in [1.54, 1.807) is 6.07 Å². The third-order valence-corrected chi connectivity index (χ3v) is 9.12. The number of fused-ring (bicyclic) bond motifs is 4. The van der Waals surface area contributed by atoms with Gasteiger partial charge in [-0.25, -0.2) is 9.18 Å². The maximum Gasteiger partial charge on any atom is 0.336 e. The zero-order valence-electron chi connectivity index (χ0n) is 22.3. The van der Waals surface area contributed by atoms with Gasteiger partial charge in [-0.15, -0.1) is 11.3 Å². The van der Waals surface area contributed by atoms with Gasteiger partial charge in [-0.1, -0.05) is 6.07 Å². The number of benzene rings is 1. The molecule has 1 aliphatic heterocycles. The van der Waals surface area contributed by atoms with Gasteiger partial charge >= 0.3 is 17.9 Å². The van der Waals surface area contributed by atoms with Gasteiger partial charge in [0.05, 0.1) is 30.7 Å². The van der Waals surface area contributed by atoms with Crippen LogP contribution in [0.4, 0.5) is 4.39 Å². The van der Waals surface area contributed by atoms with E-state index >= 15 is 0 Å². The molecule has 12 heteroatoms. The number of aromatic amines is 1. The molecule has 1 saturated carbocycles. The number of ether oxygens (including phenoxy) is 1. The van der Waals surface area contributed by atoms with Crippen molar-refractivity contribution in [3.05, 3.63) is 57.7 Å². The first kappa shape index (κ1) is 29.7. The minimum Gasteiger partial charge on any atom is -0.481 e. The third kappa shape index (κ3) is 5.62. The van der Waals surface area contributed by atoms with Crippen LogP contribution >= 0.6 is 11.3 Å². The fraction of sp³-hybridized carbons (Fsp3) is 0.464. The number of aliphatic hydroxyl groups is 1. The Labute approximate surface area is 234 Å². The highest BCUT2D eigenvalue weighted by Gasteiger charge is 2.49. The Hall–Kier alpha value is -3.32. The molecule has 1 fully saturated rings. The molecule has 0 radical (unpaired) electrons. The van der Waals surface area contributed by atoms with E-state index in [0.29, 0.717) is 6.61 Å². The molecule has 0 saturated heterocycles. The largest absolute Gasteiger partial charge is 0.481 e. The molecule has 1 aromatic carbocycles. The summed E-state index contributed by atoms with van der Waals surface area (Å²) in [6, 6.07) is 9.47. The van der Waals surface area contributed by atoms with E-state index in [1.807, 2.05) is 17.4 Å². The van der Waals surface area contributed by atoms with Crippen molar-refractivity contribution in [3.63, 3.8) is 0 Å². The molecule has 5 N–H and O–H groups in total. The summed E-state index contributed by atoms with van der Waals surface area (Å²) in [7, 11) is 4.38. The lowest BCUT2D eigenvalue weighted by Crippen LogP contribution is -2.49. The SMILES string of the molecule is CN(C)C1(c2cccs2)CCC2(CC1)OCCc1c2[nH]c2ccc(F)cc12.O=C(O)CC(O)(CC(=O)O)C(=O)O. The maximum atomic E-state index is 13.8. The van der Waals surface area contributed by atoms with Gasteiger partial charge in [0, 0.05) is 15.8 Å². The van der Waals surface area contributed by atoms with E-state index in [4.69, 9.17) is 25.2 Å². The number of aliphatic carboxylic acids is 3. The Kier molecular flexibility index (Phi) is 8.36. The summed E-state index contributed by atoms with van der Waals surface area (Å²) in [4.78, 5) is 37.9. The van der Waals surface area contributed by atoms with Crippen LogP contribution in [0.25, 0.3) is 10.9 Å². The summed E-state index contributed by atoms with van der Waals surface area (Å²) in [5, 5.41) is 37.0. The zero-order valence-corrected chi connectivity index (χ0v) is 23.1. The average molecular weight is 577 g/mol. The summed E-state index contributed by atoms with van der Waals surface area (Å²) in [6.45, 7) is 0.713. The number of thiophene rings is 1. The number of nitrogens with one attached hydrogen (secondary N) is 1. The molecular formula is C28H33FN2O8S. The molecule has 10 nitrogen and oxygen atoms in total. The molecule has 3 aromatic rings. The van der Waals surface area contributed by atoms with Gasteiger partial charge in [0.25, 0.3) is 0 Å². The van der Waals surface area contributed by atoms with Crippen LogP contribution in [0.15, 0.2) is 35.7 Å². The maximum absolute atomic E-state index is 13.8. The molecule has 2 aromatic heterocycles. The fourth-order valence-corrected chi connectivity index (χ4v) is 6.99. The Morgan fingerprint density at radius 2 is 1.73 bits per heavy atom. The normalized spacial score (nSPS) is 22.5. The van der Waals surface area contributed by atoms with Crippen LogP contribution in [-0.2, 0) is 36.7 Å². The fourth-order valence-electron chi connectivity index (χ4n) is 5.92. The monoisotopic (exact) mass is 576 g/mol. The summed E-state index contributed by atoms with van der Waals surface area (Å²) >= 11 is 1.85. The van der Waals surface area contributed by atoms with Crippen molar-refractivity contribution in [2.45, 2.75) is 61.7 Å². The molecule has 0 bridgehead atoms. The Morgan fingerprint density at radius 3 is 2.25 bits per heavy atom. The number of carboxylic acids is 3. The van der Waals surface area contributed by atoms with Gasteiger partial charge in [-0.3, -0.25) is 14.5 Å². The number of hydrogen-bond acceptors (Lipinski definition) is 7. The first-order valence-electron chi connectivity index (χ1n) is 12.9. The number of halogens is 1. The van der Waals surface area contributed by atoms with Crippen LogP contribution in [0.1, 0.15) is 54.7 Å². The van der Waals surface area contributed by atoms with Gasteiger partial charge in [0.1, 0.15) is 11.4 Å². The summed E-state index contributed by atoms with van der Waals surface area (Å²) < 4.78 is 20.3. The summed E-state index contributed by atoms with van der Waals surface area (Å²) in [5.41, 5.74) is 0.543. The number of rotatable bonds is 7. The molecule has 5 rings (SSSR count). The predicted octanol–water partition coefficient (Wildman–Crippen LogP) is 3.92. The number of carbonyl (C=O) groups is 3. The van der Waals surface area contributed by atoms with Gasteiger partial charge in [-0.05, 0) is 81.4 Å². The molecule has 0 atom stereocenters. The topological polar surface area (TPSA) is 160 Å². The van der Waals surface area contributed by atoms with Crippen LogP contribution in [0.3, 0.4) is 0 Å². The number of hydrogen-bond donors (Lipinski definition) is 5. The molecule has 0 unspecified atom stereocenters. The minimum atomic E-state index is -2.74. The second-order valence-electron chi connectivity index (χ2n) is 10.6. The van der Waals surface area contributed by atoms with Crippen molar-refractivity contribution in [2.75, 3.05) is 20.7 Å². The van der Waals surface area contributed by atoms with Crippen LogP contribution < -0.4 is 0 Å². The highest BCUT2D eigenvalue weighted by molar-refractivity contribution is 7.10. The van der Waals surface area contributed by atoms with Crippen molar-refractivity contribution in [2.24, 2.45) is 0 Å². The van der Waals surface area contributed by atoms with Gasteiger partial charge in [-0.2, -0.15) is 0 Å². The first-order chi connectivity index (χ1) is 18.8. The Balaban J connectivity index is 0.000000243. The van der Waals surface area contributed by atoms with Crippen LogP contribution in [0, 0.1) is 5.82 Å². The van der Waals surface area contributed by atoms with E-state index in [-0.39, 0.29) is 17.0 Å². The Morgan fingerprint density at radius 1 is 1.07 bits per heavy atom. The number of nitrogens with zero attached hydrogens (tertiary/aromatic N) is 1. The van der Waals surface area contributed by atoms with Crippen molar-refractivity contribution >= 4 is 40.1 Å². The second-order valence-corrected chi connectivity index (χ2v) is 11.6. The summed E-state index contributed by atoms with van der Waals surface area (Å²) in [5.74, 6) is -5.19. The highest BCUT2D eigenvalue weighted by Crippen LogP contribution is 2.53. The smallest absolute Gasteiger partial charge is 0.336 e. The van der Waals surface area contributed by atoms with E-state index in [2.05, 4.69) is 41.5 Å². The summed E-state index contributed by atoms with van der Waals surface area (Å²) in [6.07, 6.45) is 2.64. The Bertz CT molecular complexity index is 1380. The van der Waals surface area contributed by atoms with E-state index < -0.39 is 36.4 Å². The molecule has 1 spiro atoms. The molecule has 1 aliphatic carbocycles. The third-order valence-electron chi connectivity index (χ3n) is 8.06. The van der Waals surface area contributed by atoms with Gasteiger partial charge in [0.2, 0.25) is 0 Å². The highest BCUT2D eigenvalue weighted by atomic mass is 32.1. The van der Waals surface area contributed by atoms with Crippen molar-refractivity contribution in [1.82, 2.24) is 9.88 Å². The lowest BCUT2D eigenvalue weighted by atomic mass is 9.70. The van der Waals surface area contributed by atoms with E-state index in [1.165, 1.54) is 22.2 Å². The van der Waals surface area contributed by atoms with Crippen LogP contribution in [0.5, 0.6) is 0 Å². The lowest BCUT2D eigenvalue weighted by Gasteiger charge is -2.50. The van der Waals surface area contributed by atoms with Crippen molar-refractivity contribution in [1.29, 1.82) is 0 Å². The van der Waals surface area contributed by atoms with Gasteiger partial charge in [0.15, 0.2) is 5.60 Å². The second kappa shape index (κ2) is 11.3. The van der Waals surface area contributed by atoms with E-state index in [0.717, 1.165) is 43.0 Å². The number of aromatic nitrogens is 1. The quantitative estimate of drug-likeness (QED) is 0.281. The zero-order chi connectivity index (χ0) is 29.3. The molecule has 40 heavy (non-hydrogen) atoms. The van der Waals surface area contributed by atoms with Crippen LogP contribution in [0.2, 0.25) is 0 Å². The lowest BCUT2D eigenvalue weighted by molar-refractivity contribution is -0.170. The van der Waals surface area contributed by atoms with Crippen molar-refractivity contribution < 1.29 is 43.9 Å². The molecule has 3 heterocycles.